The second-order valence-corrected chi connectivity index (χ2v) is 3.26. The third-order valence-corrected chi connectivity index (χ3v) is 1.72. The first-order valence-electron chi connectivity index (χ1n) is 5.27. The van der Waals surface area contributed by atoms with Gasteiger partial charge in [-0.1, -0.05) is 11.0 Å². The van der Waals surface area contributed by atoms with Crippen molar-refractivity contribution in [2.24, 2.45) is 5.11 Å². The second kappa shape index (κ2) is 13.0. The molecule has 0 radical (unpaired) electrons. The van der Waals surface area contributed by atoms with Crippen molar-refractivity contribution in [3.05, 3.63) is 10.4 Å². The predicted octanol–water partition coefficient (Wildman–Crippen LogP) is 1.68. The van der Waals surface area contributed by atoms with E-state index in [4.69, 9.17) is 37.8 Å². The Morgan fingerprint density at radius 1 is 1.37 bits per heavy atom. The zero-order valence-corrected chi connectivity index (χ0v) is 10.9. The van der Waals surface area contributed by atoms with E-state index in [1.807, 2.05) is 0 Å². The zero-order chi connectivity index (χ0) is 14.3. The summed E-state index contributed by atoms with van der Waals surface area (Å²) < 4.78 is 19.7. The minimum absolute atomic E-state index is 0.0351. The lowest BCUT2D eigenvalue weighted by Crippen LogP contribution is -2.19. The Morgan fingerprint density at radius 3 is 2.68 bits per heavy atom. The van der Waals surface area contributed by atoms with Crippen LogP contribution in [-0.2, 0) is 18.9 Å². The van der Waals surface area contributed by atoms with Crippen molar-refractivity contribution in [1.82, 2.24) is 0 Å². The molecule has 0 aromatic heterocycles. The maximum absolute atomic E-state index is 10.2. The summed E-state index contributed by atoms with van der Waals surface area (Å²) in [6, 6.07) is 0. The molecule has 0 saturated carbocycles. The molecule has 0 aliphatic carbocycles. The molecule has 0 aromatic rings. The molecule has 19 heavy (non-hydrogen) atoms. The van der Waals surface area contributed by atoms with E-state index in [0.717, 1.165) is 0 Å². The molecular formula is C10H14ClN3O5. The van der Waals surface area contributed by atoms with Gasteiger partial charge in [0.25, 0.3) is 0 Å². The van der Waals surface area contributed by atoms with E-state index in [1.165, 1.54) is 0 Å². The standard InChI is InChI=1S/C10H14ClN3O5/c1-2-3-18-9(13-14-12)8-17-5-4-16-6-7-19-10(11)15/h1,9H,3-8H2. The van der Waals surface area contributed by atoms with Gasteiger partial charge >= 0.3 is 5.43 Å². The Kier molecular flexibility index (Phi) is 11.9. The number of halogens is 1. The number of hydrogen-bond donors (Lipinski definition) is 0. The first-order chi connectivity index (χ1) is 9.20. The van der Waals surface area contributed by atoms with Crippen LogP contribution in [0.5, 0.6) is 0 Å². The van der Waals surface area contributed by atoms with Crippen LogP contribution >= 0.6 is 11.6 Å². The van der Waals surface area contributed by atoms with Gasteiger partial charge in [-0.05, 0) is 5.53 Å². The summed E-state index contributed by atoms with van der Waals surface area (Å²) in [4.78, 5) is 12.8. The fraction of sp³-hybridized carbons (Fsp3) is 0.700. The Bertz CT molecular complexity index is 341. The smallest absolute Gasteiger partial charge is 0.403 e. The average Bonchev–Trinajstić information content (AvgIpc) is 2.38. The van der Waals surface area contributed by atoms with Crippen LogP contribution in [0.2, 0.25) is 0 Å². The molecule has 0 N–H and O–H groups in total. The maximum atomic E-state index is 10.2. The van der Waals surface area contributed by atoms with E-state index in [1.54, 1.807) is 0 Å². The number of rotatable bonds is 11. The third-order valence-electron chi connectivity index (χ3n) is 1.62. The molecule has 0 heterocycles. The van der Waals surface area contributed by atoms with Crippen LogP contribution in [0.3, 0.4) is 0 Å². The highest BCUT2D eigenvalue weighted by molar-refractivity contribution is 6.61. The van der Waals surface area contributed by atoms with Crippen molar-refractivity contribution < 1.29 is 23.7 Å². The normalized spacial score (nSPS) is 11.2. The first kappa shape index (κ1) is 17.5. The molecule has 1 unspecified atom stereocenters. The lowest BCUT2D eigenvalue weighted by Gasteiger charge is -2.11. The predicted molar refractivity (Wildman–Crippen MR) is 66.6 cm³/mol. The number of hydrogen-bond acceptors (Lipinski definition) is 6. The molecular weight excluding hydrogens is 278 g/mol. The number of terminal acetylenes is 1. The molecule has 8 nitrogen and oxygen atoms in total. The van der Waals surface area contributed by atoms with Crippen molar-refractivity contribution in [3.8, 4) is 12.3 Å². The fourth-order valence-electron chi connectivity index (χ4n) is 0.902. The van der Waals surface area contributed by atoms with Gasteiger partial charge in [-0.15, -0.1) is 6.42 Å². The number of carbonyl (C=O) groups excluding carboxylic acids is 1. The van der Waals surface area contributed by atoms with Crippen LogP contribution in [0.1, 0.15) is 0 Å². The summed E-state index contributed by atoms with van der Waals surface area (Å²) in [6.45, 7) is 0.965. The lowest BCUT2D eigenvalue weighted by atomic mass is 10.6. The summed E-state index contributed by atoms with van der Waals surface area (Å²) in [6.07, 6.45) is 4.24. The molecule has 0 aromatic carbocycles. The zero-order valence-electron chi connectivity index (χ0n) is 10.2. The number of carbonyl (C=O) groups is 1. The van der Waals surface area contributed by atoms with Gasteiger partial charge in [-0.25, -0.2) is 4.79 Å². The molecule has 0 bridgehead atoms. The van der Waals surface area contributed by atoms with Gasteiger partial charge in [-0.2, -0.15) is 0 Å². The van der Waals surface area contributed by atoms with Gasteiger partial charge < -0.3 is 18.9 Å². The van der Waals surface area contributed by atoms with Gasteiger partial charge in [0.05, 0.1) is 26.4 Å². The summed E-state index contributed by atoms with van der Waals surface area (Å²) in [5.41, 5.74) is 7.40. The topological polar surface area (TPSA) is 103 Å². The molecule has 0 aliphatic heterocycles. The average molecular weight is 292 g/mol. The SMILES string of the molecule is C#CCOC(COCCOCCOC(=O)Cl)N=[N+]=[N-]. The Hall–Kier alpha value is -1.49. The number of nitrogens with zero attached hydrogens (tertiary/aromatic N) is 3. The van der Waals surface area contributed by atoms with Gasteiger partial charge in [0.1, 0.15) is 13.2 Å². The largest absolute Gasteiger partial charge is 0.451 e. The van der Waals surface area contributed by atoms with Crippen LogP contribution in [0.15, 0.2) is 5.11 Å². The van der Waals surface area contributed by atoms with E-state index < -0.39 is 11.7 Å². The number of ether oxygens (including phenoxy) is 4. The third kappa shape index (κ3) is 12.8. The summed E-state index contributed by atoms with van der Waals surface area (Å²) in [7, 11) is 0. The van der Waals surface area contributed by atoms with E-state index in [2.05, 4.69) is 20.7 Å². The highest BCUT2D eigenvalue weighted by Crippen LogP contribution is 1.96. The fourth-order valence-corrected chi connectivity index (χ4v) is 0.979. The molecule has 1 atom stereocenters. The van der Waals surface area contributed by atoms with E-state index in [-0.39, 0.29) is 39.6 Å². The van der Waals surface area contributed by atoms with Crippen molar-refractivity contribution in [3.63, 3.8) is 0 Å². The van der Waals surface area contributed by atoms with Crippen LogP contribution in [0.25, 0.3) is 10.4 Å². The molecule has 0 fully saturated rings. The number of azide groups is 1. The molecule has 0 rings (SSSR count). The molecule has 0 saturated heterocycles. The van der Waals surface area contributed by atoms with Crippen molar-refractivity contribution >= 4 is 17.0 Å². The van der Waals surface area contributed by atoms with E-state index >= 15 is 0 Å². The Labute approximate surface area is 115 Å². The first-order valence-corrected chi connectivity index (χ1v) is 5.65. The second-order valence-electron chi connectivity index (χ2n) is 2.95. The van der Waals surface area contributed by atoms with Crippen LogP contribution in [0.4, 0.5) is 4.79 Å². The van der Waals surface area contributed by atoms with Crippen LogP contribution in [-0.4, -0.2) is 51.3 Å². The summed E-state index contributed by atoms with van der Waals surface area (Å²) in [5, 5.41) is 3.35. The summed E-state index contributed by atoms with van der Waals surface area (Å²) >= 11 is 4.94. The molecule has 0 aliphatic rings. The van der Waals surface area contributed by atoms with E-state index in [9.17, 15) is 4.79 Å². The van der Waals surface area contributed by atoms with Gasteiger partial charge in [0.15, 0.2) is 6.23 Å². The Balaban J connectivity index is 3.47. The van der Waals surface area contributed by atoms with Crippen molar-refractivity contribution in [2.45, 2.75) is 6.23 Å². The minimum Gasteiger partial charge on any atom is -0.451 e. The van der Waals surface area contributed by atoms with Crippen molar-refractivity contribution in [1.29, 1.82) is 0 Å². The molecule has 0 amide bonds. The van der Waals surface area contributed by atoms with Gasteiger partial charge in [0, 0.05) is 16.5 Å². The molecule has 9 heteroatoms. The maximum Gasteiger partial charge on any atom is 0.403 e. The minimum atomic E-state index is -0.872. The highest BCUT2D eigenvalue weighted by atomic mass is 35.5. The molecule has 0 spiro atoms. The Morgan fingerprint density at radius 2 is 2.05 bits per heavy atom. The van der Waals surface area contributed by atoms with Gasteiger partial charge in [0.2, 0.25) is 0 Å². The van der Waals surface area contributed by atoms with E-state index in [0.29, 0.717) is 0 Å². The van der Waals surface area contributed by atoms with Gasteiger partial charge in [-0.3, -0.25) is 0 Å². The molecule has 106 valence electrons. The van der Waals surface area contributed by atoms with Crippen LogP contribution in [0, 0.1) is 12.3 Å². The quantitative estimate of drug-likeness (QED) is 0.144. The lowest BCUT2D eigenvalue weighted by molar-refractivity contribution is -0.0222. The monoisotopic (exact) mass is 291 g/mol. The highest BCUT2D eigenvalue weighted by Gasteiger charge is 2.05. The van der Waals surface area contributed by atoms with Crippen LogP contribution < -0.4 is 0 Å². The summed E-state index contributed by atoms with van der Waals surface area (Å²) in [5.74, 6) is 2.25. The van der Waals surface area contributed by atoms with Crippen molar-refractivity contribution in [2.75, 3.05) is 39.6 Å².